The Morgan fingerprint density at radius 1 is 1.21 bits per heavy atom. The Kier molecular flexibility index (Phi) is 4.27. The van der Waals surface area contributed by atoms with Gasteiger partial charge in [-0.2, -0.15) is 0 Å². The van der Waals surface area contributed by atoms with E-state index in [0.29, 0.717) is 16.3 Å². The number of hydrogen-bond donors (Lipinski definition) is 1. The molecule has 0 aromatic heterocycles. The number of carbonyl (C=O) groups is 1. The Balaban J connectivity index is 2.31. The second-order valence-corrected chi connectivity index (χ2v) is 5.62. The predicted molar refractivity (Wildman–Crippen MR) is 83.0 cm³/mol. The van der Waals surface area contributed by atoms with Crippen LogP contribution in [-0.2, 0) is 0 Å². The van der Waals surface area contributed by atoms with Gasteiger partial charge in [0.25, 0.3) is 5.91 Å². The van der Waals surface area contributed by atoms with Crippen molar-refractivity contribution in [2.45, 2.75) is 13.8 Å². The van der Waals surface area contributed by atoms with Crippen LogP contribution >= 0.6 is 27.5 Å². The quantitative estimate of drug-likeness (QED) is 0.823. The zero-order valence-corrected chi connectivity index (χ0v) is 13.0. The third-order valence-electron chi connectivity index (χ3n) is 3.03. The molecular weight excluding hydrogens is 326 g/mol. The number of amides is 1. The van der Waals surface area contributed by atoms with Crippen LogP contribution < -0.4 is 5.32 Å². The second-order valence-electron chi connectivity index (χ2n) is 4.33. The highest BCUT2D eigenvalue weighted by atomic mass is 79.9. The molecule has 0 heterocycles. The highest BCUT2D eigenvalue weighted by Gasteiger charge is 2.12. The first-order valence-electron chi connectivity index (χ1n) is 5.81. The van der Waals surface area contributed by atoms with Gasteiger partial charge in [0.15, 0.2) is 0 Å². The molecule has 0 saturated heterocycles. The molecular formula is C15H13BrClNO. The van der Waals surface area contributed by atoms with Crippen LogP contribution in [0.25, 0.3) is 0 Å². The summed E-state index contributed by atoms with van der Waals surface area (Å²) in [5, 5.41) is 3.45. The summed E-state index contributed by atoms with van der Waals surface area (Å²) < 4.78 is 0.801. The van der Waals surface area contributed by atoms with Crippen LogP contribution in [0.3, 0.4) is 0 Å². The number of halogens is 2. The molecule has 2 nitrogen and oxygen atoms in total. The van der Waals surface area contributed by atoms with Crippen molar-refractivity contribution < 1.29 is 4.79 Å². The fourth-order valence-corrected chi connectivity index (χ4v) is 2.30. The zero-order chi connectivity index (χ0) is 14.0. The van der Waals surface area contributed by atoms with Crippen molar-refractivity contribution in [1.29, 1.82) is 0 Å². The van der Waals surface area contributed by atoms with Crippen LogP contribution in [0.1, 0.15) is 21.5 Å². The molecule has 0 aliphatic carbocycles. The van der Waals surface area contributed by atoms with Crippen molar-refractivity contribution in [3.8, 4) is 0 Å². The molecule has 19 heavy (non-hydrogen) atoms. The molecule has 0 radical (unpaired) electrons. The predicted octanol–water partition coefficient (Wildman–Crippen LogP) is 4.97. The monoisotopic (exact) mass is 337 g/mol. The van der Waals surface area contributed by atoms with E-state index < -0.39 is 0 Å². The standard InChI is InChI=1S/C15H13BrClNO/c1-9-4-3-5-12(10(9)2)15(19)18-14-8-11(17)6-7-13(14)16/h3-8H,1-2H3,(H,18,19). The molecule has 0 aliphatic rings. The number of anilines is 1. The molecule has 0 bridgehead atoms. The van der Waals surface area contributed by atoms with Crippen molar-refractivity contribution in [3.05, 3.63) is 62.6 Å². The lowest BCUT2D eigenvalue weighted by molar-refractivity contribution is 0.102. The summed E-state index contributed by atoms with van der Waals surface area (Å²) in [6.07, 6.45) is 0. The molecule has 0 aliphatic heterocycles. The largest absolute Gasteiger partial charge is 0.321 e. The number of benzene rings is 2. The van der Waals surface area contributed by atoms with Gasteiger partial charge in [-0.15, -0.1) is 0 Å². The summed E-state index contributed by atoms with van der Waals surface area (Å²) >= 11 is 9.32. The minimum absolute atomic E-state index is 0.135. The van der Waals surface area contributed by atoms with Gasteiger partial charge in [0.05, 0.1) is 5.69 Å². The maximum atomic E-state index is 12.3. The van der Waals surface area contributed by atoms with Gasteiger partial charge in [0.2, 0.25) is 0 Å². The highest BCUT2D eigenvalue weighted by molar-refractivity contribution is 9.10. The van der Waals surface area contributed by atoms with Crippen molar-refractivity contribution >= 4 is 39.1 Å². The Morgan fingerprint density at radius 2 is 1.95 bits per heavy atom. The average Bonchev–Trinajstić information content (AvgIpc) is 2.37. The van der Waals surface area contributed by atoms with Gasteiger partial charge in [-0.3, -0.25) is 4.79 Å². The van der Waals surface area contributed by atoms with Crippen LogP contribution in [0, 0.1) is 13.8 Å². The molecule has 0 unspecified atom stereocenters. The Morgan fingerprint density at radius 3 is 2.68 bits per heavy atom. The van der Waals surface area contributed by atoms with Gasteiger partial charge in [-0.1, -0.05) is 23.7 Å². The summed E-state index contributed by atoms with van der Waals surface area (Å²) in [4.78, 5) is 12.3. The number of hydrogen-bond acceptors (Lipinski definition) is 1. The van der Waals surface area contributed by atoms with E-state index in [2.05, 4.69) is 21.2 Å². The lowest BCUT2D eigenvalue weighted by Gasteiger charge is -2.11. The normalized spacial score (nSPS) is 10.3. The van der Waals surface area contributed by atoms with Crippen LogP contribution in [-0.4, -0.2) is 5.91 Å². The first-order valence-corrected chi connectivity index (χ1v) is 6.99. The molecule has 0 saturated carbocycles. The molecule has 0 atom stereocenters. The van der Waals surface area contributed by atoms with Gasteiger partial charge in [0, 0.05) is 15.1 Å². The number of nitrogens with one attached hydrogen (secondary N) is 1. The maximum Gasteiger partial charge on any atom is 0.255 e. The number of rotatable bonds is 2. The smallest absolute Gasteiger partial charge is 0.255 e. The van der Waals surface area contributed by atoms with E-state index in [1.165, 1.54) is 0 Å². The Bertz CT molecular complexity index is 640. The second kappa shape index (κ2) is 5.76. The van der Waals surface area contributed by atoms with Gasteiger partial charge in [-0.05, 0) is 65.2 Å². The molecule has 2 aromatic carbocycles. The molecule has 1 N–H and O–H groups in total. The summed E-state index contributed by atoms with van der Waals surface area (Å²) in [6.45, 7) is 3.93. The van der Waals surface area contributed by atoms with E-state index >= 15 is 0 Å². The van der Waals surface area contributed by atoms with Crippen molar-refractivity contribution in [1.82, 2.24) is 0 Å². The average molecular weight is 339 g/mol. The molecule has 4 heteroatoms. The lowest BCUT2D eigenvalue weighted by Crippen LogP contribution is -2.14. The van der Waals surface area contributed by atoms with Crippen LogP contribution in [0.5, 0.6) is 0 Å². The van der Waals surface area contributed by atoms with Crippen LogP contribution in [0.4, 0.5) is 5.69 Å². The first-order chi connectivity index (χ1) is 8.99. The van der Waals surface area contributed by atoms with Crippen LogP contribution in [0.15, 0.2) is 40.9 Å². The SMILES string of the molecule is Cc1cccc(C(=O)Nc2cc(Cl)ccc2Br)c1C. The number of aryl methyl sites for hydroxylation is 1. The Hall–Kier alpha value is -1.32. The minimum atomic E-state index is -0.135. The summed E-state index contributed by atoms with van der Waals surface area (Å²) in [7, 11) is 0. The van der Waals surface area contributed by atoms with Gasteiger partial charge < -0.3 is 5.32 Å². The Labute approximate surface area is 125 Å². The lowest BCUT2D eigenvalue weighted by atomic mass is 10.0. The third kappa shape index (κ3) is 3.17. The molecule has 98 valence electrons. The van der Waals surface area contributed by atoms with Gasteiger partial charge >= 0.3 is 0 Å². The summed E-state index contributed by atoms with van der Waals surface area (Å²) in [6, 6.07) is 11.0. The molecule has 0 fully saturated rings. The van der Waals surface area contributed by atoms with Gasteiger partial charge in [0.1, 0.15) is 0 Å². The summed E-state index contributed by atoms with van der Waals surface area (Å²) in [5.74, 6) is -0.135. The fraction of sp³-hybridized carbons (Fsp3) is 0.133. The van der Waals surface area contributed by atoms with Gasteiger partial charge in [-0.25, -0.2) is 0 Å². The zero-order valence-electron chi connectivity index (χ0n) is 10.6. The van der Waals surface area contributed by atoms with E-state index in [1.807, 2.05) is 32.0 Å². The fourth-order valence-electron chi connectivity index (χ4n) is 1.78. The van der Waals surface area contributed by atoms with Crippen molar-refractivity contribution in [2.75, 3.05) is 5.32 Å². The van der Waals surface area contributed by atoms with E-state index in [0.717, 1.165) is 15.6 Å². The third-order valence-corrected chi connectivity index (χ3v) is 3.95. The molecule has 2 rings (SSSR count). The first kappa shape index (κ1) is 14.1. The molecule has 0 spiro atoms. The number of carbonyl (C=O) groups excluding carboxylic acids is 1. The molecule has 2 aromatic rings. The van der Waals surface area contributed by atoms with E-state index in [9.17, 15) is 4.79 Å². The van der Waals surface area contributed by atoms with E-state index in [-0.39, 0.29) is 5.91 Å². The maximum absolute atomic E-state index is 12.3. The van der Waals surface area contributed by atoms with Crippen LogP contribution in [0.2, 0.25) is 5.02 Å². The highest BCUT2D eigenvalue weighted by Crippen LogP contribution is 2.26. The van der Waals surface area contributed by atoms with E-state index in [4.69, 9.17) is 11.6 Å². The topological polar surface area (TPSA) is 29.1 Å². The summed E-state index contributed by atoms with van der Waals surface area (Å²) in [5.41, 5.74) is 3.42. The van der Waals surface area contributed by atoms with Crippen molar-refractivity contribution in [2.24, 2.45) is 0 Å². The minimum Gasteiger partial charge on any atom is -0.321 e. The molecule has 1 amide bonds. The van der Waals surface area contributed by atoms with Crippen molar-refractivity contribution in [3.63, 3.8) is 0 Å². The van der Waals surface area contributed by atoms with E-state index in [1.54, 1.807) is 18.2 Å².